The summed E-state index contributed by atoms with van der Waals surface area (Å²) in [5.74, 6) is 0.429. The van der Waals surface area contributed by atoms with Gasteiger partial charge in [0.15, 0.2) is 0 Å². The van der Waals surface area contributed by atoms with Crippen LogP contribution in [0, 0.1) is 0 Å². The third-order valence-electron chi connectivity index (χ3n) is 3.35. The Labute approximate surface area is 138 Å². The number of carbonyl (C=O) groups excluding carboxylic acids is 1. The molecule has 0 spiro atoms. The van der Waals surface area contributed by atoms with Crippen LogP contribution in [-0.2, 0) is 17.4 Å². The van der Waals surface area contributed by atoms with Gasteiger partial charge in [0.2, 0.25) is 5.91 Å². The van der Waals surface area contributed by atoms with Gasteiger partial charge in [0.25, 0.3) is 0 Å². The van der Waals surface area contributed by atoms with Crippen LogP contribution in [0.1, 0.15) is 24.5 Å². The Morgan fingerprint density at radius 1 is 1.12 bits per heavy atom. The zero-order chi connectivity index (χ0) is 17.6. The molecule has 1 amide bonds. The highest BCUT2D eigenvalue weighted by molar-refractivity contribution is 5.90. The smallest absolute Gasteiger partial charge is 0.416 e. The van der Waals surface area contributed by atoms with Gasteiger partial charge in [-0.05, 0) is 49.2 Å². The standard InChI is InChI=1S/C18H18F3NO2/c1-2-24-16-9-6-13(7-10-16)8-11-17(23)22-15-5-3-4-14(12-15)18(19,20)21/h3-7,9-10,12H,2,8,11H2,1H3,(H,22,23). The lowest BCUT2D eigenvalue weighted by Gasteiger charge is -2.10. The molecule has 0 aliphatic heterocycles. The maximum atomic E-state index is 12.6. The number of benzene rings is 2. The maximum absolute atomic E-state index is 12.6. The van der Waals surface area contributed by atoms with E-state index in [1.165, 1.54) is 12.1 Å². The van der Waals surface area contributed by atoms with E-state index in [0.717, 1.165) is 23.4 Å². The third-order valence-corrected chi connectivity index (χ3v) is 3.35. The zero-order valence-corrected chi connectivity index (χ0v) is 13.2. The fourth-order valence-electron chi connectivity index (χ4n) is 2.17. The minimum atomic E-state index is -4.43. The molecular formula is C18H18F3NO2. The first-order valence-corrected chi connectivity index (χ1v) is 7.57. The number of hydrogen-bond acceptors (Lipinski definition) is 2. The van der Waals surface area contributed by atoms with E-state index in [-0.39, 0.29) is 18.0 Å². The molecule has 0 saturated carbocycles. The van der Waals surface area contributed by atoms with E-state index in [4.69, 9.17) is 4.74 Å². The lowest BCUT2D eigenvalue weighted by molar-refractivity contribution is -0.137. The number of rotatable bonds is 6. The average Bonchev–Trinajstić information content (AvgIpc) is 2.54. The molecule has 0 aromatic heterocycles. The quantitative estimate of drug-likeness (QED) is 0.831. The van der Waals surface area contributed by atoms with E-state index >= 15 is 0 Å². The summed E-state index contributed by atoms with van der Waals surface area (Å²) in [7, 11) is 0. The number of halogens is 3. The molecule has 2 aromatic rings. The topological polar surface area (TPSA) is 38.3 Å². The summed E-state index contributed by atoms with van der Waals surface area (Å²) in [6.07, 6.45) is -3.75. The Kier molecular flexibility index (Phi) is 5.84. The van der Waals surface area contributed by atoms with Gasteiger partial charge in [0.1, 0.15) is 5.75 Å². The molecule has 6 heteroatoms. The van der Waals surface area contributed by atoms with Crippen molar-refractivity contribution in [1.29, 1.82) is 0 Å². The molecule has 0 heterocycles. The second kappa shape index (κ2) is 7.86. The molecule has 0 radical (unpaired) electrons. The summed E-state index contributed by atoms with van der Waals surface area (Å²) < 4.78 is 43.3. The Balaban J connectivity index is 1.89. The second-order valence-electron chi connectivity index (χ2n) is 5.20. The Morgan fingerprint density at radius 3 is 2.46 bits per heavy atom. The van der Waals surface area contributed by atoms with Gasteiger partial charge < -0.3 is 10.1 Å². The lowest BCUT2D eigenvalue weighted by Crippen LogP contribution is -2.13. The fourth-order valence-corrected chi connectivity index (χ4v) is 2.17. The van der Waals surface area contributed by atoms with E-state index < -0.39 is 11.7 Å². The van der Waals surface area contributed by atoms with Crippen LogP contribution >= 0.6 is 0 Å². The van der Waals surface area contributed by atoms with Gasteiger partial charge in [-0.25, -0.2) is 0 Å². The molecule has 24 heavy (non-hydrogen) atoms. The van der Waals surface area contributed by atoms with Crippen molar-refractivity contribution in [3.63, 3.8) is 0 Å². The van der Waals surface area contributed by atoms with Crippen LogP contribution in [0.25, 0.3) is 0 Å². The van der Waals surface area contributed by atoms with Crippen molar-refractivity contribution in [3.05, 3.63) is 59.7 Å². The van der Waals surface area contributed by atoms with E-state index in [1.54, 1.807) is 0 Å². The number of alkyl halides is 3. The highest BCUT2D eigenvalue weighted by Crippen LogP contribution is 2.30. The minimum Gasteiger partial charge on any atom is -0.494 e. The molecule has 0 aliphatic carbocycles. The van der Waals surface area contributed by atoms with Crippen molar-refractivity contribution in [2.75, 3.05) is 11.9 Å². The van der Waals surface area contributed by atoms with Crippen LogP contribution < -0.4 is 10.1 Å². The number of amides is 1. The second-order valence-corrected chi connectivity index (χ2v) is 5.20. The lowest BCUT2D eigenvalue weighted by atomic mass is 10.1. The van der Waals surface area contributed by atoms with E-state index in [0.29, 0.717) is 13.0 Å². The van der Waals surface area contributed by atoms with Crippen molar-refractivity contribution in [2.45, 2.75) is 25.9 Å². The maximum Gasteiger partial charge on any atom is 0.416 e. The number of ether oxygens (including phenoxy) is 1. The molecule has 3 nitrogen and oxygen atoms in total. The number of anilines is 1. The molecule has 0 aliphatic rings. The summed E-state index contributed by atoms with van der Waals surface area (Å²) in [5.41, 5.74) is 0.311. The van der Waals surface area contributed by atoms with Gasteiger partial charge >= 0.3 is 6.18 Å². The van der Waals surface area contributed by atoms with Gasteiger partial charge in [-0.15, -0.1) is 0 Å². The molecule has 128 valence electrons. The van der Waals surface area contributed by atoms with Crippen molar-refractivity contribution >= 4 is 11.6 Å². The highest BCUT2D eigenvalue weighted by Gasteiger charge is 2.30. The van der Waals surface area contributed by atoms with Crippen LogP contribution in [0.15, 0.2) is 48.5 Å². The Morgan fingerprint density at radius 2 is 1.83 bits per heavy atom. The summed E-state index contributed by atoms with van der Waals surface area (Å²) >= 11 is 0. The largest absolute Gasteiger partial charge is 0.494 e. The third kappa shape index (κ3) is 5.30. The number of nitrogens with one attached hydrogen (secondary N) is 1. The average molecular weight is 337 g/mol. The monoisotopic (exact) mass is 337 g/mol. The fraction of sp³-hybridized carbons (Fsp3) is 0.278. The SMILES string of the molecule is CCOc1ccc(CCC(=O)Nc2cccc(C(F)(F)F)c2)cc1. The molecule has 0 fully saturated rings. The first-order chi connectivity index (χ1) is 11.4. The summed E-state index contributed by atoms with van der Waals surface area (Å²) in [6, 6.07) is 12.0. The van der Waals surface area contributed by atoms with Crippen molar-refractivity contribution in [2.24, 2.45) is 0 Å². The van der Waals surface area contributed by atoms with Gasteiger partial charge in [0, 0.05) is 12.1 Å². The van der Waals surface area contributed by atoms with Gasteiger partial charge in [-0.2, -0.15) is 13.2 Å². The molecule has 2 rings (SSSR count). The predicted octanol–water partition coefficient (Wildman–Crippen LogP) is 4.68. The molecule has 1 N–H and O–H groups in total. The van der Waals surface area contributed by atoms with Gasteiger partial charge in [-0.1, -0.05) is 18.2 Å². The van der Waals surface area contributed by atoms with Crippen LogP contribution in [0.5, 0.6) is 5.75 Å². The molecule has 2 aromatic carbocycles. The van der Waals surface area contributed by atoms with Crippen LogP contribution in [0.2, 0.25) is 0 Å². The first kappa shape index (κ1) is 17.8. The molecular weight excluding hydrogens is 319 g/mol. The Bertz CT molecular complexity index is 681. The van der Waals surface area contributed by atoms with Crippen LogP contribution in [-0.4, -0.2) is 12.5 Å². The normalized spacial score (nSPS) is 11.2. The molecule has 0 unspecified atom stereocenters. The molecule has 0 saturated heterocycles. The first-order valence-electron chi connectivity index (χ1n) is 7.57. The number of aryl methyl sites for hydroxylation is 1. The van der Waals surface area contributed by atoms with Crippen LogP contribution in [0.3, 0.4) is 0 Å². The highest BCUT2D eigenvalue weighted by atomic mass is 19.4. The minimum absolute atomic E-state index is 0.140. The number of carbonyl (C=O) groups is 1. The predicted molar refractivity (Wildman–Crippen MR) is 86.0 cm³/mol. The van der Waals surface area contributed by atoms with Gasteiger partial charge in [0.05, 0.1) is 12.2 Å². The van der Waals surface area contributed by atoms with E-state index in [9.17, 15) is 18.0 Å². The van der Waals surface area contributed by atoms with Gasteiger partial charge in [-0.3, -0.25) is 4.79 Å². The van der Waals surface area contributed by atoms with E-state index in [2.05, 4.69) is 5.32 Å². The summed E-state index contributed by atoms with van der Waals surface area (Å²) in [5, 5.41) is 2.49. The van der Waals surface area contributed by atoms with Crippen molar-refractivity contribution in [1.82, 2.24) is 0 Å². The zero-order valence-electron chi connectivity index (χ0n) is 13.2. The Hall–Kier alpha value is -2.50. The summed E-state index contributed by atoms with van der Waals surface area (Å²) in [4.78, 5) is 11.9. The summed E-state index contributed by atoms with van der Waals surface area (Å²) in [6.45, 7) is 2.48. The molecule has 0 bridgehead atoms. The number of hydrogen-bond donors (Lipinski definition) is 1. The van der Waals surface area contributed by atoms with E-state index in [1.807, 2.05) is 31.2 Å². The van der Waals surface area contributed by atoms with Crippen LogP contribution in [0.4, 0.5) is 18.9 Å². The molecule has 0 atom stereocenters. The van der Waals surface area contributed by atoms with Crippen molar-refractivity contribution in [3.8, 4) is 5.75 Å². The van der Waals surface area contributed by atoms with Crippen molar-refractivity contribution < 1.29 is 22.7 Å².